The van der Waals surface area contributed by atoms with Gasteiger partial charge in [-0.1, -0.05) is 24.3 Å². The van der Waals surface area contributed by atoms with Crippen LogP contribution in [0.25, 0.3) is 0 Å². The van der Waals surface area contributed by atoms with E-state index in [1.807, 2.05) is 0 Å². The van der Waals surface area contributed by atoms with E-state index in [1.54, 1.807) is 37.6 Å². The number of hydrogen-bond acceptors (Lipinski definition) is 5. The van der Waals surface area contributed by atoms with Crippen LogP contribution in [0, 0.1) is 17.6 Å². The first kappa shape index (κ1) is 30.1. The number of nitrogens with one attached hydrogen (secondary N) is 1. The second-order valence-corrected chi connectivity index (χ2v) is 13.2. The predicted octanol–water partition coefficient (Wildman–Crippen LogP) is 5.00. The van der Waals surface area contributed by atoms with Crippen LogP contribution in [-0.2, 0) is 15.9 Å². The Morgan fingerprint density at radius 3 is 2.27 bits per heavy atom. The third-order valence-electron chi connectivity index (χ3n) is 6.95. The van der Waals surface area contributed by atoms with Gasteiger partial charge in [0, 0.05) is 54.1 Å². The SMILES string of the molecule is COc1cc(F)c([C@@H]2CN(Cc3ccccc3P(C)(C)=O)C(=O)C2CNC(=O)c2ccc(OC(F)F)cc2)c(F)c1. The van der Waals surface area contributed by atoms with E-state index in [2.05, 4.69) is 10.1 Å². The molecule has 3 aromatic carbocycles. The summed E-state index contributed by atoms with van der Waals surface area (Å²) in [6.07, 6.45) is 0. The molecule has 0 radical (unpaired) electrons. The molecule has 7 nitrogen and oxygen atoms in total. The highest BCUT2D eigenvalue weighted by Gasteiger charge is 2.44. The Bertz CT molecular complexity index is 1460. The minimum absolute atomic E-state index is 0.0235. The molecule has 1 aliphatic heterocycles. The van der Waals surface area contributed by atoms with E-state index in [1.165, 1.54) is 36.3 Å². The molecule has 1 aliphatic rings. The molecule has 0 spiro atoms. The average molecular weight is 593 g/mol. The van der Waals surface area contributed by atoms with E-state index in [4.69, 9.17) is 4.74 Å². The molecule has 0 bridgehead atoms. The van der Waals surface area contributed by atoms with E-state index in [-0.39, 0.29) is 42.3 Å². The number of benzene rings is 3. The van der Waals surface area contributed by atoms with Crippen LogP contribution in [0.4, 0.5) is 17.6 Å². The maximum atomic E-state index is 15.2. The molecule has 0 saturated carbocycles. The van der Waals surface area contributed by atoms with Crippen molar-refractivity contribution in [1.82, 2.24) is 10.2 Å². The fourth-order valence-corrected chi connectivity index (χ4v) is 6.31. The first-order valence-electron chi connectivity index (χ1n) is 12.7. The zero-order chi connectivity index (χ0) is 29.9. The average Bonchev–Trinajstić information content (AvgIpc) is 3.20. The Morgan fingerprint density at radius 1 is 1.05 bits per heavy atom. The number of amides is 2. The van der Waals surface area contributed by atoms with Crippen molar-refractivity contribution >= 4 is 24.3 Å². The van der Waals surface area contributed by atoms with Gasteiger partial charge >= 0.3 is 6.61 Å². The second kappa shape index (κ2) is 12.3. The van der Waals surface area contributed by atoms with Crippen LogP contribution in [0.5, 0.6) is 11.5 Å². The first-order chi connectivity index (χ1) is 19.4. The topological polar surface area (TPSA) is 84.9 Å². The van der Waals surface area contributed by atoms with E-state index in [0.717, 1.165) is 12.1 Å². The maximum absolute atomic E-state index is 15.2. The van der Waals surface area contributed by atoms with Crippen molar-refractivity contribution in [3.8, 4) is 11.5 Å². The van der Waals surface area contributed by atoms with Crippen molar-refractivity contribution < 1.29 is 41.2 Å². The maximum Gasteiger partial charge on any atom is 0.387 e. The summed E-state index contributed by atoms with van der Waals surface area (Å²) in [5.74, 6) is -4.98. The van der Waals surface area contributed by atoms with Gasteiger partial charge in [-0.25, -0.2) is 8.78 Å². The second-order valence-electron chi connectivity index (χ2n) is 10.0. The van der Waals surface area contributed by atoms with Gasteiger partial charge in [0.25, 0.3) is 5.91 Å². The van der Waals surface area contributed by atoms with E-state index < -0.39 is 49.0 Å². The van der Waals surface area contributed by atoms with Gasteiger partial charge in [-0.15, -0.1) is 0 Å². The first-order valence-corrected chi connectivity index (χ1v) is 15.3. The van der Waals surface area contributed by atoms with Crippen molar-refractivity contribution in [2.24, 2.45) is 5.92 Å². The smallest absolute Gasteiger partial charge is 0.387 e. The molecule has 218 valence electrons. The van der Waals surface area contributed by atoms with Crippen LogP contribution in [0.15, 0.2) is 60.7 Å². The molecule has 2 amide bonds. The Morgan fingerprint density at radius 2 is 1.68 bits per heavy atom. The van der Waals surface area contributed by atoms with Gasteiger partial charge in [0.1, 0.15) is 30.3 Å². The molecule has 1 unspecified atom stereocenters. The molecule has 2 atom stereocenters. The van der Waals surface area contributed by atoms with Crippen molar-refractivity contribution in [3.63, 3.8) is 0 Å². The Kier molecular flexibility index (Phi) is 9.07. The van der Waals surface area contributed by atoms with Gasteiger partial charge in [-0.05, 0) is 43.2 Å². The van der Waals surface area contributed by atoms with Gasteiger partial charge in [-0.2, -0.15) is 8.78 Å². The van der Waals surface area contributed by atoms with Crippen LogP contribution in [0.2, 0.25) is 0 Å². The zero-order valence-electron chi connectivity index (χ0n) is 22.6. The number of methoxy groups -OCH3 is 1. The highest BCUT2D eigenvalue weighted by atomic mass is 31.2. The molecular formula is C29H29F4N2O5P. The van der Waals surface area contributed by atoms with E-state index in [9.17, 15) is 22.9 Å². The number of likely N-dealkylation sites (tertiary alicyclic amines) is 1. The summed E-state index contributed by atoms with van der Waals surface area (Å²) in [7, 11) is -1.42. The number of halogens is 4. The molecule has 0 aliphatic carbocycles. The molecule has 1 heterocycles. The standard InChI is InChI=1S/C29H29F4N2O5P/c1-39-20-12-23(30)26(24(31)13-20)22-16-35(15-18-6-4-5-7-25(18)41(2,3)38)28(37)21(22)14-34-27(36)17-8-10-19(11-9-17)40-29(32)33/h4-13,21-22,29H,14-16H2,1-3H3,(H,34,36)/t21?,22-/m1/s1. The lowest BCUT2D eigenvalue weighted by molar-refractivity contribution is -0.131. The van der Waals surface area contributed by atoms with Gasteiger partial charge in [0.2, 0.25) is 5.91 Å². The van der Waals surface area contributed by atoms with Crippen LogP contribution in [-0.4, -0.2) is 56.9 Å². The molecule has 1 N–H and O–H groups in total. The van der Waals surface area contributed by atoms with E-state index >= 15 is 8.78 Å². The number of alkyl halides is 2. The predicted molar refractivity (Wildman–Crippen MR) is 145 cm³/mol. The van der Waals surface area contributed by atoms with Crippen LogP contribution < -0.4 is 20.1 Å². The summed E-state index contributed by atoms with van der Waals surface area (Å²) in [5.41, 5.74) is 0.460. The third-order valence-corrected chi connectivity index (χ3v) is 8.54. The summed E-state index contributed by atoms with van der Waals surface area (Å²) in [5, 5.41) is 3.22. The lowest BCUT2D eigenvalue weighted by atomic mass is 9.87. The molecule has 0 aromatic heterocycles. The number of carbonyl (C=O) groups is 2. The van der Waals surface area contributed by atoms with Gasteiger partial charge < -0.3 is 24.3 Å². The fraction of sp³-hybridized carbons (Fsp3) is 0.310. The highest BCUT2D eigenvalue weighted by molar-refractivity contribution is 7.70. The zero-order valence-corrected chi connectivity index (χ0v) is 23.5. The van der Waals surface area contributed by atoms with Crippen LogP contribution in [0.3, 0.4) is 0 Å². The summed E-state index contributed by atoms with van der Waals surface area (Å²) >= 11 is 0. The van der Waals surface area contributed by atoms with Gasteiger partial charge in [-0.3, -0.25) is 9.59 Å². The van der Waals surface area contributed by atoms with Gasteiger partial charge in [0.15, 0.2) is 0 Å². The Hall–Kier alpha value is -3.85. The van der Waals surface area contributed by atoms with Crippen molar-refractivity contribution in [1.29, 1.82) is 0 Å². The van der Waals surface area contributed by atoms with Crippen molar-refractivity contribution in [2.45, 2.75) is 19.1 Å². The Labute approximate surface area is 234 Å². The summed E-state index contributed by atoms with van der Waals surface area (Å²) in [6.45, 7) is -0.0196. The number of rotatable bonds is 10. The lowest BCUT2D eigenvalue weighted by Gasteiger charge is -2.20. The van der Waals surface area contributed by atoms with E-state index in [0.29, 0.717) is 10.9 Å². The highest BCUT2D eigenvalue weighted by Crippen LogP contribution is 2.40. The van der Waals surface area contributed by atoms with Crippen LogP contribution >= 0.6 is 7.14 Å². The molecule has 3 aromatic rings. The molecule has 4 rings (SSSR count). The fourth-order valence-electron chi connectivity index (χ4n) is 5.03. The monoisotopic (exact) mass is 592 g/mol. The molecule has 41 heavy (non-hydrogen) atoms. The molecule has 12 heteroatoms. The third kappa shape index (κ3) is 6.90. The molecule has 1 fully saturated rings. The Balaban J connectivity index is 1.61. The molecular weight excluding hydrogens is 563 g/mol. The lowest BCUT2D eigenvalue weighted by Crippen LogP contribution is -2.36. The summed E-state index contributed by atoms with van der Waals surface area (Å²) in [4.78, 5) is 27.9. The number of carbonyl (C=O) groups excluding carboxylic acids is 2. The number of hydrogen-bond donors (Lipinski definition) is 1. The number of nitrogens with zero attached hydrogens (tertiary/aromatic N) is 1. The minimum atomic E-state index is -3.02. The van der Waals surface area contributed by atoms with Crippen LogP contribution in [0.1, 0.15) is 27.4 Å². The minimum Gasteiger partial charge on any atom is -0.497 e. The van der Waals surface area contributed by atoms with Crippen molar-refractivity contribution in [3.05, 3.63) is 89.0 Å². The quantitative estimate of drug-likeness (QED) is 0.265. The number of ether oxygens (including phenoxy) is 2. The molecule has 1 saturated heterocycles. The van der Waals surface area contributed by atoms with Gasteiger partial charge in [0.05, 0.1) is 13.0 Å². The summed E-state index contributed by atoms with van der Waals surface area (Å²) in [6, 6.07) is 14.0. The largest absolute Gasteiger partial charge is 0.497 e. The summed E-state index contributed by atoms with van der Waals surface area (Å²) < 4.78 is 77.3. The van der Waals surface area contributed by atoms with Crippen molar-refractivity contribution in [2.75, 3.05) is 33.5 Å². The normalized spacial score (nSPS) is 17.2.